The Labute approximate surface area is 398 Å². The molecule has 0 rings (SSSR count). The van der Waals surface area contributed by atoms with Gasteiger partial charge in [0.2, 0.25) is 5.91 Å². The van der Waals surface area contributed by atoms with Crippen LogP contribution in [-0.2, 0) is 4.79 Å². The number of unbranched alkanes of at least 4 members (excludes halogenated alkanes) is 37. The first-order valence-electron chi connectivity index (χ1n) is 28.4. The van der Waals surface area contributed by atoms with Gasteiger partial charge in [0, 0.05) is 0 Å². The molecule has 4 unspecified atom stereocenters. The molecule has 0 saturated carbocycles. The predicted molar refractivity (Wildman–Crippen MR) is 279 cm³/mol. The van der Waals surface area contributed by atoms with Gasteiger partial charge in [-0.25, -0.2) is 0 Å². The van der Waals surface area contributed by atoms with Crippen LogP contribution in [-0.4, -0.2) is 57.3 Å². The number of aliphatic hydroxyl groups excluding tert-OH is 4. The first kappa shape index (κ1) is 62.5. The maximum absolute atomic E-state index is 12.6. The molecule has 0 aromatic heterocycles. The predicted octanol–water partition coefficient (Wildman–Crippen LogP) is 16.4. The van der Waals surface area contributed by atoms with E-state index in [0.29, 0.717) is 19.3 Å². The molecule has 0 bridgehead atoms. The van der Waals surface area contributed by atoms with Gasteiger partial charge in [0.1, 0.15) is 12.2 Å². The van der Waals surface area contributed by atoms with Gasteiger partial charge in [-0.3, -0.25) is 4.79 Å². The molecule has 64 heavy (non-hydrogen) atoms. The Morgan fingerprint density at radius 3 is 0.984 bits per heavy atom. The quantitative estimate of drug-likeness (QED) is 0.0309. The molecule has 0 aliphatic rings. The van der Waals surface area contributed by atoms with E-state index in [4.69, 9.17) is 0 Å². The largest absolute Gasteiger partial charge is 0.394 e. The van der Waals surface area contributed by atoms with Gasteiger partial charge in [-0.05, 0) is 64.2 Å². The van der Waals surface area contributed by atoms with Gasteiger partial charge in [0.05, 0.1) is 18.8 Å². The van der Waals surface area contributed by atoms with Crippen molar-refractivity contribution >= 4 is 5.91 Å². The third-order valence-electron chi connectivity index (χ3n) is 13.3. The molecule has 6 nitrogen and oxygen atoms in total. The van der Waals surface area contributed by atoms with Crippen molar-refractivity contribution < 1.29 is 25.2 Å². The molecule has 0 radical (unpaired) electrons. The van der Waals surface area contributed by atoms with Gasteiger partial charge in [-0.1, -0.05) is 269 Å². The Kier molecular flexibility index (Phi) is 51.3. The van der Waals surface area contributed by atoms with Crippen LogP contribution in [0.5, 0.6) is 0 Å². The highest BCUT2D eigenvalue weighted by Crippen LogP contribution is 2.17. The van der Waals surface area contributed by atoms with Crippen molar-refractivity contribution in [3.05, 3.63) is 36.5 Å². The van der Waals surface area contributed by atoms with E-state index in [0.717, 1.165) is 51.4 Å². The minimum atomic E-state index is -1.29. The summed E-state index contributed by atoms with van der Waals surface area (Å²) >= 11 is 0. The lowest BCUT2D eigenvalue weighted by atomic mass is 10.00. The van der Waals surface area contributed by atoms with Crippen LogP contribution >= 0.6 is 0 Å². The molecule has 378 valence electrons. The maximum Gasteiger partial charge on any atom is 0.249 e. The number of aliphatic hydroxyl groups is 4. The normalized spacial score (nSPS) is 14.0. The van der Waals surface area contributed by atoms with E-state index in [1.54, 1.807) is 0 Å². The van der Waals surface area contributed by atoms with Gasteiger partial charge >= 0.3 is 0 Å². The minimum absolute atomic E-state index is 0.362. The summed E-state index contributed by atoms with van der Waals surface area (Å²) in [6.07, 6.45) is 65.0. The molecule has 0 aromatic carbocycles. The average molecular weight is 903 g/mol. The van der Waals surface area contributed by atoms with E-state index >= 15 is 0 Å². The van der Waals surface area contributed by atoms with Crippen LogP contribution in [0, 0.1) is 0 Å². The van der Waals surface area contributed by atoms with Gasteiger partial charge in [-0.2, -0.15) is 0 Å². The standard InChI is InChI=1S/C58H111NO5/c1-3-5-7-9-11-13-15-17-19-21-23-25-26-27-28-29-30-31-32-34-35-37-39-41-43-45-47-49-51-55(61)57(63)54(53-60)59-58(64)56(62)52-50-48-46-44-42-40-38-36-33-24-22-20-18-16-14-12-10-8-6-4-2/h30-31,35,37,43,45,54-57,60-63H,3-29,32-34,36,38-42,44,46-53H2,1-2H3,(H,59,64)/b31-30+,37-35+,45-43+. The van der Waals surface area contributed by atoms with Crippen molar-refractivity contribution in [1.82, 2.24) is 5.32 Å². The molecule has 0 spiro atoms. The van der Waals surface area contributed by atoms with Gasteiger partial charge in [-0.15, -0.1) is 0 Å². The zero-order chi connectivity index (χ0) is 46.7. The summed E-state index contributed by atoms with van der Waals surface area (Å²) < 4.78 is 0. The topological polar surface area (TPSA) is 110 Å². The third kappa shape index (κ3) is 45.7. The highest BCUT2D eigenvalue weighted by molar-refractivity contribution is 5.80. The molecule has 4 atom stereocenters. The second kappa shape index (κ2) is 52.5. The van der Waals surface area contributed by atoms with E-state index in [-0.39, 0.29) is 0 Å². The fourth-order valence-electron chi connectivity index (χ4n) is 8.85. The smallest absolute Gasteiger partial charge is 0.249 e. The molecule has 0 heterocycles. The number of hydrogen-bond acceptors (Lipinski definition) is 5. The second-order valence-corrected chi connectivity index (χ2v) is 19.6. The summed E-state index contributed by atoms with van der Waals surface area (Å²) in [5, 5.41) is 43.9. The molecule has 0 aliphatic heterocycles. The lowest BCUT2D eigenvalue weighted by Crippen LogP contribution is -2.53. The van der Waals surface area contributed by atoms with E-state index in [1.165, 1.54) is 212 Å². The van der Waals surface area contributed by atoms with Gasteiger partial charge in [0.25, 0.3) is 0 Å². The van der Waals surface area contributed by atoms with Crippen molar-refractivity contribution in [2.75, 3.05) is 6.61 Å². The second-order valence-electron chi connectivity index (χ2n) is 19.6. The highest BCUT2D eigenvalue weighted by Gasteiger charge is 2.28. The van der Waals surface area contributed by atoms with E-state index in [9.17, 15) is 25.2 Å². The fraction of sp³-hybridized carbons (Fsp3) is 0.879. The lowest BCUT2D eigenvalue weighted by Gasteiger charge is -2.27. The van der Waals surface area contributed by atoms with Crippen LogP contribution in [0.4, 0.5) is 0 Å². The van der Waals surface area contributed by atoms with Crippen molar-refractivity contribution in [3.63, 3.8) is 0 Å². The van der Waals surface area contributed by atoms with Gasteiger partial charge in [0.15, 0.2) is 0 Å². The van der Waals surface area contributed by atoms with Crippen molar-refractivity contribution in [3.8, 4) is 0 Å². The Morgan fingerprint density at radius 2 is 0.656 bits per heavy atom. The summed E-state index contributed by atoms with van der Waals surface area (Å²) in [7, 11) is 0. The number of carbonyl (C=O) groups excluding carboxylic acids is 1. The SMILES string of the molecule is CCCCCCCCCCCCCCCCC/C=C/CC/C=C/CC/C=C/CCCC(O)C(O)C(CO)NC(=O)C(O)CCCCCCCCCCCCCCCCCCCCCC. The number of carbonyl (C=O) groups is 1. The van der Waals surface area contributed by atoms with E-state index in [1.807, 2.05) is 0 Å². The minimum Gasteiger partial charge on any atom is -0.394 e. The van der Waals surface area contributed by atoms with E-state index in [2.05, 4.69) is 55.6 Å². The van der Waals surface area contributed by atoms with Crippen LogP contribution in [0.1, 0.15) is 296 Å². The van der Waals surface area contributed by atoms with Crippen molar-refractivity contribution in [2.45, 2.75) is 321 Å². The first-order valence-corrected chi connectivity index (χ1v) is 28.4. The van der Waals surface area contributed by atoms with Crippen LogP contribution in [0.25, 0.3) is 0 Å². The van der Waals surface area contributed by atoms with Gasteiger partial charge < -0.3 is 25.7 Å². The Hall–Kier alpha value is -1.47. The lowest BCUT2D eigenvalue weighted by molar-refractivity contribution is -0.132. The number of allylic oxidation sites excluding steroid dienone is 6. The highest BCUT2D eigenvalue weighted by atomic mass is 16.3. The van der Waals surface area contributed by atoms with Crippen molar-refractivity contribution in [2.24, 2.45) is 0 Å². The number of hydrogen-bond donors (Lipinski definition) is 5. The average Bonchev–Trinajstić information content (AvgIpc) is 3.30. The molecule has 1 amide bonds. The molecule has 5 N–H and O–H groups in total. The molecular weight excluding hydrogens is 791 g/mol. The molecule has 0 aliphatic carbocycles. The molecule has 0 aromatic rings. The number of rotatable bonds is 52. The van der Waals surface area contributed by atoms with Crippen LogP contribution in [0.3, 0.4) is 0 Å². The van der Waals surface area contributed by atoms with E-state index < -0.39 is 36.9 Å². The van der Waals surface area contributed by atoms with Crippen LogP contribution in [0.2, 0.25) is 0 Å². The molecule has 0 fully saturated rings. The summed E-state index contributed by atoms with van der Waals surface area (Å²) in [5.41, 5.74) is 0. The summed E-state index contributed by atoms with van der Waals surface area (Å²) in [6, 6.07) is -1.01. The Bertz CT molecular complexity index is 1010. The van der Waals surface area contributed by atoms with Crippen LogP contribution < -0.4 is 5.32 Å². The third-order valence-corrected chi connectivity index (χ3v) is 13.3. The summed E-state index contributed by atoms with van der Waals surface area (Å²) in [4.78, 5) is 12.6. The monoisotopic (exact) mass is 902 g/mol. The fourth-order valence-corrected chi connectivity index (χ4v) is 8.85. The number of nitrogens with one attached hydrogen (secondary N) is 1. The first-order chi connectivity index (χ1) is 31.5. The Morgan fingerprint density at radius 1 is 0.375 bits per heavy atom. The zero-order valence-electron chi connectivity index (χ0n) is 42.8. The van der Waals surface area contributed by atoms with Crippen LogP contribution in [0.15, 0.2) is 36.5 Å². The molecule has 6 heteroatoms. The summed E-state index contributed by atoms with van der Waals surface area (Å²) in [5.74, 6) is -0.595. The number of amides is 1. The summed E-state index contributed by atoms with van der Waals surface area (Å²) in [6.45, 7) is 4.07. The maximum atomic E-state index is 12.6. The molecular formula is C58H111NO5. The molecule has 0 saturated heterocycles. The Balaban J connectivity index is 3.70. The van der Waals surface area contributed by atoms with Crippen molar-refractivity contribution in [1.29, 1.82) is 0 Å². The zero-order valence-corrected chi connectivity index (χ0v) is 42.8.